The number of Topliss-reactive ketones (excluding diaryl/α,β-unsaturated/α-hetero) is 1. The second-order valence-electron chi connectivity index (χ2n) is 11.2. The predicted molar refractivity (Wildman–Crippen MR) is 131 cm³/mol. The lowest BCUT2D eigenvalue weighted by Crippen LogP contribution is -2.63. The summed E-state index contributed by atoms with van der Waals surface area (Å²) < 4.78 is 10.7. The molecule has 7 atom stereocenters. The van der Waals surface area contributed by atoms with Gasteiger partial charge < -0.3 is 19.4 Å². The van der Waals surface area contributed by atoms with Crippen LogP contribution in [0.1, 0.15) is 58.8 Å². The zero-order valence-corrected chi connectivity index (χ0v) is 22.1. The van der Waals surface area contributed by atoms with Gasteiger partial charge in [0.1, 0.15) is 0 Å². The average Bonchev–Trinajstić information content (AvgIpc) is 3.12. The Morgan fingerprint density at radius 1 is 1.26 bits per heavy atom. The molecule has 38 heavy (non-hydrogen) atoms. The van der Waals surface area contributed by atoms with Gasteiger partial charge in [-0.25, -0.2) is 4.79 Å². The molecule has 0 saturated heterocycles. The molecule has 0 spiro atoms. The summed E-state index contributed by atoms with van der Waals surface area (Å²) in [5.41, 5.74) is -3.33. The maximum atomic E-state index is 13.6. The largest absolute Gasteiger partial charge is 0.450 e. The van der Waals surface area contributed by atoms with E-state index in [2.05, 4.69) is 4.84 Å². The molecule has 0 radical (unpaired) electrons. The number of aliphatic hydroxyl groups excluding tert-OH is 1. The van der Waals surface area contributed by atoms with E-state index >= 15 is 0 Å². The highest BCUT2D eigenvalue weighted by Gasteiger charge is 2.70. The topological polar surface area (TPSA) is 159 Å². The van der Waals surface area contributed by atoms with Crippen molar-refractivity contribution in [2.75, 3.05) is 13.2 Å². The van der Waals surface area contributed by atoms with Crippen molar-refractivity contribution in [3.63, 3.8) is 0 Å². The first-order chi connectivity index (χ1) is 17.8. The molecule has 4 aliphatic carbocycles. The molecule has 0 aliphatic heterocycles. The first-order valence-electron chi connectivity index (χ1n) is 12.8. The van der Waals surface area contributed by atoms with Gasteiger partial charge in [0.15, 0.2) is 18.0 Å². The summed E-state index contributed by atoms with van der Waals surface area (Å²) in [5.74, 6) is -1.73. The standard InChI is InChI=1S/C26H32ClNO10/c1-24-9-7-16(29)12-15(24)5-6-17-18-8-10-26(20(31)14-36-23(27)33,25(18,2)13-19(30)22(17)24)38-21(32)4-3-11-37-28(34)35/h7,9,12,17-19,22,30H,3-6,8,10-11,13-14H2,1-2H3. The first-order valence-corrected chi connectivity index (χ1v) is 13.2. The molecule has 7 unspecified atom stereocenters. The maximum absolute atomic E-state index is 13.6. The molecule has 0 aromatic rings. The molecule has 0 aromatic carbocycles. The average molecular weight is 554 g/mol. The van der Waals surface area contributed by atoms with Crippen LogP contribution >= 0.6 is 11.6 Å². The van der Waals surface area contributed by atoms with E-state index < -0.39 is 51.4 Å². The third kappa shape index (κ3) is 4.75. The highest BCUT2D eigenvalue weighted by molar-refractivity contribution is 6.61. The number of esters is 1. The number of rotatable bonds is 9. The normalized spacial score (nSPS) is 37.3. The highest BCUT2D eigenvalue weighted by atomic mass is 35.5. The SMILES string of the molecule is CC12C=CC(=O)C=C1CCC1C2C(O)CC2(C)C1CCC2(OC(=O)CCCO[N+](=O)[O-])C(=O)COC(=O)Cl. The Balaban J connectivity index is 1.63. The van der Waals surface area contributed by atoms with E-state index in [0.29, 0.717) is 19.3 Å². The fourth-order valence-electron chi connectivity index (χ4n) is 7.84. The summed E-state index contributed by atoms with van der Waals surface area (Å²) in [6.07, 6.45) is 6.26. The molecule has 0 bridgehead atoms. The second-order valence-corrected chi connectivity index (χ2v) is 11.5. The quantitative estimate of drug-likeness (QED) is 0.147. The van der Waals surface area contributed by atoms with Crippen LogP contribution in [0.15, 0.2) is 23.8 Å². The van der Waals surface area contributed by atoms with Crippen molar-refractivity contribution in [3.8, 4) is 0 Å². The van der Waals surface area contributed by atoms with Crippen LogP contribution in [-0.2, 0) is 28.7 Å². The van der Waals surface area contributed by atoms with E-state index in [1.807, 2.05) is 19.9 Å². The maximum Gasteiger partial charge on any atom is 0.404 e. The summed E-state index contributed by atoms with van der Waals surface area (Å²) >= 11 is 5.30. The molecule has 0 aromatic heterocycles. The summed E-state index contributed by atoms with van der Waals surface area (Å²) in [5, 5.41) is 21.0. The van der Waals surface area contributed by atoms with Crippen molar-refractivity contribution in [1.29, 1.82) is 0 Å². The van der Waals surface area contributed by atoms with Gasteiger partial charge in [0.05, 0.1) is 12.7 Å². The number of carbonyl (C=O) groups is 4. The van der Waals surface area contributed by atoms with Crippen LogP contribution in [0.2, 0.25) is 0 Å². The van der Waals surface area contributed by atoms with Crippen molar-refractivity contribution in [1.82, 2.24) is 0 Å². The van der Waals surface area contributed by atoms with Crippen molar-refractivity contribution in [2.24, 2.45) is 28.6 Å². The lowest BCUT2D eigenvalue weighted by molar-refractivity contribution is -0.757. The molecule has 4 aliphatic rings. The number of hydrogen-bond donors (Lipinski definition) is 1. The molecular formula is C26H32ClNO10. The molecule has 208 valence electrons. The number of halogens is 1. The number of nitrogens with zero attached hydrogens (tertiary/aromatic N) is 1. The Bertz CT molecular complexity index is 1100. The van der Waals surface area contributed by atoms with Crippen LogP contribution < -0.4 is 0 Å². The lowest BCUT2D eigenvalue weighted by Gasteiger charge is -2.59. The lowest BCUT2D eigenvalue weighted by atomic mass is 9.46. The van der Waals surface area contributed by atoms with Crippen LogP contribution in [0.5, 0.6) is 0 Å². The van der Waals surface area contributed by atoms with Crippen molar-refractivity contribution in [3.05, 3.63) is 33.9 Å². The van der Waals surface area contributed by atoms with Gasteiger partial charge in [-0.3, -0.25) is 14.4 Å². The minimum absolute atomic E-state index is 0.00668. The van der Waals surface area contributed by atoms with E-state index in [1.54, 1.807) is 12.2 Å². The van der Waals surface area contributed by atoms with Crippen LogP contribution in [0, 0.1) is 38.7 Å². The van der Waals surface area contributed by atoms with E-state index in [9.17, 15) is 34.4 Å². The Hall–Kier alpha value is -2.79. The van der Waals surface area contributed by atoms with Gasteiger partial charge in [0.2, 0.25) is 5.78 Å². The van der Waals surface area contributed by atoms with Crippen LogP contribution in [-0.4, -0.2) is 58.1 Å². The zero-order chi connectivity index (χ0) is 27.9. The van der Waals surface area contributed by atoms with E-state index in [1.165, 1.54) is 0 Å². The number of ether oxygens (including phenoxy) is 2. The van der Waals surface area contributed by atoms with Crippen LogP contribution in [0.3, 0.4) is 0 Å². The molecule has 4 rings (SSSR count). The van der Waals surface area contributed by atoms with E-state index in [-0.39, 0.29) is 55.8 Å². The Labute approximate surface area is 224 Å². The molecule has 0 heterocycles. The molecule has 12 heteroatoms. The minimum atomic E-state index is -1.67. The van der Waals surface area contributed by atoms with Crippen LogP contribution in [0.25, 0.3) is 0 Å². The predicted octanol–water partition coefficient (Wildman–Crippen LogP) is 3.48. The Kier molecular flexibility index (Phi) is 7.73. The van der Waals surface area contributed by atoms with Gasteiger partial charge in [-0.1, -0.05) is 25.5 Å². The third-order valence-electron chi connectivity index (χ3n) is 9.39. The summed E-state index contributed by atoms with van der Waals surface area (Å²) in [6.45, 7) is 2.87. The number of hydrogen-bond acceptors (Lipinski definition) is 10. The van der Waals surface area contributed by atoms with E-state index in [4.69, 9.17) is 21.1 Å². The second kappa shape index (κ2) is 10.4. The van der Waals surface area contributed by atoms with Gasteiger partial charge in [-0.05, 0) is 62.5 Å². The van der Waals surface area contributed by atoms with E-state index in [0.717, 1.165) is 5.57 Å². The highest BCUT2D eigenvalue weighted by Crippen LogP contribution is 2.68. The summed E-state index contributed by atoms with van der Waals surface area (Å²) in [6, 6.07) is 0. The Morgan fingerprint density at radius 2 is 2.00 bits per heavy atom. The molecular weight excluding hydrogens is 522 g/mol. The Morgan fingerprint density at radius 3 is 2.68 bits per heavy atom. The zero-order valence-electron chi connectivity index (χ0n) is 21.4. The number of fused-ring (bicyclic) bond motifs is 5. The number of aliphatic hydroxyl groups is 1. The van der Waals surface area contributed by atoms with Gasteiger partial charge in [-0.2, -0.15) is 0 Å². The smallest absolute Gasteiger partial charge is 0.404 e. The monoisotopic (exact) mass is 553 g/mol. The summed E-state index contributed by atoms with van der Waals surface area (Å²) in [4.78, 5) is 64.4. The van der Waals surface area contributed by atoms with Gasteiger partial charge in [-0.15, -0.1) is 10.1 Å². The number of ketones is 2. The van der Waals surface area contributed by atoms with Gasteiger partial charge in [0, 0.05) is 34.8 Å². The number of carbonyl (C=O) groups excluding carboxylic acids is 4. The van der Waals surface area contributed by atoms with Crippen molar-refractivity contribution < 1.29 is 43.7 Å². The fourth-order valence-corrected chi connectivity index (χ4v) is 7.89. The molecule has 3 fully saturated rings. The minimum Gasteiger partial charge on any atom is -0.450 e. The molecule has 0 amide bonds. The van der Waals surface area contributed by atoms with Gasteiger partial charge in [0.25, 0.3) is 5.09 Å². The molecule has 3 saturated carbocycles. The number of allylic oxidation sites excluding steroid dienone is 4. The van der Waals surface area contributed by atoms with Crippen molar-refractivity contribution >= 4 is 34.6 Å². The van der Waals surface area contributed by atoms with Gasteiger partial charge >= 0.3 is 11.4 Å². The molecule has 1 N–H and O–H groups in total. The molecule has 11 nitrogen and oxygen atoms in total. The summed E-state index contributed by atoms with van der Waals surface area (Å²) in [7, 11) is 0. The van der Waals surface area contributed by atoms with Crippen LogP contribution in [0.4, 0.5) is 4.79 Å². The van der Waals surface area contributed by atoms with Crippen molar-refractivity contribution in [2.45, 2.75) is 70.5 Å². The third-order valence-corrected chi connectivity index (χ3v) is 9.50. The fraction of sp³-hybridized carbons (Fsp3) is 0.692. The first kappa shape index (κ1) is 28.2.